The molecule has 1 N–H and O–H groups in total. The van der Waals surface area contributed by atoms with Gasteiger partial charge < -0.3 is 15.0 Å². The van der Waals surface area contributed by atoms with E-state index in [0.717, 1.165) is 37.2 Å². The van der Waals surface area contributed by atoms with Crippen LogP contribution in [0.1, 0.15) is 42.9 Å². The normalized spacial score (nSPS) is 19.7. The summed E-state index contributed by atoms with van der Waals surface area (Å²) in [4.78, 5) is 30.2. The molecule has 32 heavy (non-hydrogen) atoms. The van der Waals surface area contributed by atoms with Gasteiger partial charge in [-0.05, 0) is 62.0 Å². The van der Waals surface area contributed by atoms with Gasteiger partial charge in [0.1, 0.15) is 11.8 Å². The van der Waals surface area contributed by atoms with Crippen LogP contribution < -0.4 is 10.1 Å². The summed E-state index contributed by atoms with van der Waals surface area (Å²) in [5, 5.41) is 3.17. The molecule has 4 rings (SSSR count). The van der Waals surface area contributed by atoms with Crippen LogP contribution in [0.25, 0.3) is 0 Å². The number of rotatable bonds is 8. The molecule has 0 bridgehead atoms. The number of hydrogen-bond donors (Lipinski definition) is 1. The molecule has 2 unspecified atom stereocenters. The highest BCUT2D eigenvalue weighted by Crippen LogP contribution is 2.27. The Labute approximate surface area is 190 Å². The molecule has 0 aromatic heterocycles. The minimum atomic E-state index is -0.374. The van der Waals surface area contributed by atoms with E-state index < -0.39 is 0 Å². The Morgan fingerprint density at radius 3 is 2.41 bits per heavy atom. The van der Waals surface area contributed by atoms with Gasteiger partial charge in [0.15, 0.2) is 0 Å². The number of nitrogens with one attached hydrogen (secondary N) is 1. The predicted molar refractivity (Wildman–Crippen MR) is 124 cm³/mol. The molecule has 2 saturated heterocycles. The largest absolute Gasteiger partial charge is 0.497 e. The standard InChI is InChI=1S/C26H33N3O3/c1-32-22-13-11-21(12-14-22)24(28-15-5-6-16-28)19-27-26(31)23-10-7-17-29(23)25(30)18-20-8-3-2-4-9-20/h2-4,8-9,11-14,23-24H,5-7,10,15-19H2,1H3,(H,27,31). The fraction of sp³-hybridized carbons (Fsp3) is 0.462. The van der Waals surface area contributed by atoms with Crippen molar-refractivity contribution >= 4 is 11.8 Å². The van der Waals surface area contributed by atoms with Gasteiger partial charge in [0.25, 0.3) is 0 Å². The highest BCUT2D eigenvalue weighted by molar-refractivity contribution is 5.89. The number of carbonyl (C=O) groups is 2. The van der Waals surface area contributed by atoms with Crippen molar-refractivity contribution in [3.63, 3.8) is 0 Å². The Kier molecular flexibility index (Phi) is 7.43. The van der Waals surface area contributed by atoms with Crippen LogP contribution in [-0.4, -0.2) is 60.9 Å². The first-order valence-electron chi connectivity index (χ1n) is 11.6. The highest BCUT2D eigenvalue weighted by atomic mass is 16.5. The second-order valence-corrected chi connectivity index (χ2v) is 8.68. The van der Waals surface area contributed by atoms with Gasteiger partial charge in [0.05, 0.1) is 19.6 Å². The van der Waals surface area contributed by atoms with Gasteiger partial charge in [-0.15, -0.1) is 0 Å². The summed E-state index contributed by atoms with van der Waals surface area (Å²) in [6, 6.07) is 17.6. The molecule has 2 atom stereocenters. The van der Waals surface area contributed by atoms with E-state index in [1.165, 1.54) is 18.4 Å². The molecule has 6 heteroatoms. The molecule has 0 saturated carbocycles. The Hall–Kier alpha value is -2.86. The molecule has 2 heterocycles. The third kappa shape index (κ3) is 5.30. The topological polar surface area (TPSA) is 61.9 Å². The van der Waals surface area contributed by atoms with Crippen LogP contribution in [0.2, 0.25) is 0 Å². The summed E-state index contributed by atoms with van der Waals surface area (Å²) in [6.07, 6.45) is 4.30. The summed E-state index contributed by atoms with van der Waals surface area (Å²) in [6.45, 7) is 3.27. The molecule has 0 radical (unpaired) electrons. The predicted octanol–water partition coefficient (Wildman–Crippen LogP) is 3.18. The summed E-state index contributed by atoms with van der Waals surface area (Å²) < 4.78 is 5.30. The maximum Gasteiger partial charge on any atom is 0.242 e. The first-order chi connectivity index (χ1) is 15.7. The van der Waals surface area contributed by atoms with E-state index in [9.17, 15) is 9.59 Å². The average Bonchev–Trinajstić information content (AvgIpc) is 3.53. The van der Waals surface area contributed by atoms with Crippen molar-refractivity contribution in [3.05, 3.63) is 65.7 Å². The second-order valence-electron chi connectivity index (χ2n) is 8.68. The fourth-order valence-electron chi connectivity index (χ4n) is 4.86. The molecule has 2 amide bonds. The third-order valence-corrected chi connectivity index (χ3v) is 6.63. The van der Waals surface area contributed by atoms with E-state index in [1.807, 2.05) is 42.5 Å². The highest BCUT2D eigenvalue weighted by Gasteiger charge is 2.34. The lowest BCUT2D eigenvalue weighted by molar-refractivity contribution is -0.138. The number of amides is 2. The van der Waals surface area contributed by atoms with E-state index >= 15 is 0 Å². The van der Waals surface area contributed by atoms with Crippen LogP contribution >= 0.6 is 0 Å². The molecule has 0 aliphatic carbocycles. The minimum Gasteiger partial charge on any atom is -0.497 e. The molecular formula is C26H33N3O3. The lowest BCUT2D eigenvalue weighted by atomic mass is 10.0. The maximum atomic E-state index is 13.1. The minimum absolute atomic E-state index is 0.0279. The van der Waals surface area contributed by atoms with Crippen molar-refractivity contribution < 1.29 is 14.3 Å². The van der Waals surface area contributed by atoms with E-state index in [4.69, 9.17) is 4.74 Å². The van der Waals surface area contributed by atoms with E-state index in [0.29, 0.717) is 19.5 Å². The Morgan fingerprint density at radius 2 is 1.72 bits per heavy atom. The molecule has 2 aromatic carbocycles. The summed E-state index contributed by atoms with van der Waals surface area (Å²) in [5.74, 6) is 0.818. The van der Waals surface area contributed by atoms with E-state index in [2.05, 4.69) is 22.3 Å². The molecule has 0 spiro atoms. The zero-order valence-electron chi connectivity index (χ0n) is 18.8. The smallest absolute Gasteiger partial charge is 0.242 e. The van der Waals surface area contributed by atoms with Gasteiger partial charge in [-0.25, -0.2) is 0 Å². The van der Waals surface area contributed by atoms with Crippen LogP contribution in [0, 0.1) is 0 Å². The van der Waals surface area contributed by atoms with Crippen molar-refractivity contribution in [3.8, 4) is 5.75 Å². The van der Waals surface area contributed by atoms with Crippen molar-refractivity contribution in [2.75, 3.05) is 33.3 Å². The first kappa shape index (κ1) is 22.3. The summed E-state index contributed by atoms with van der Waals surface area (Å²) in [5.41, 5.74) is 2.16. The fourth-order valence-corrected chi connectivity index (χ4v) is 4.86. The molecular weight excluding hydrogens is 402 g/mol. The van der Waals surface area contributed by atoms with E-state index in [-0.39, 0.29) is 23.9 Å². The van der Waals surface area contributed by atoms with Crippen LogP contribution in [0.5, 0.6) is 5.75 Å². The quantitative estimate of drug-likeness (QED) is 0.692. The number of methoxy groups -OCH3 is 1. The zero-order valence-corrected chi connectivity index (χ0v) is 18.8. The molecule has 170 valence electrons. The van der Waals surface area contributed by atoms with Crippen LogP contribution in [0.4, 0.5) is 0 Å². The van der Waals surface area contributed by atoms with Crippen LogP contribution in [0.3, 0.4) is 0 Å². The van der Waals surface area contributed by atoms with Crippen molar-refractivity contribution in [2.24, 2.45) is 0 Å². The second kappa shape index (κ2) is 10.6. The Balaban J connectivity index is 1.39. The average molecular weight is 436 g/mol. The molecule has 2 aliphatic rings. The lowest BCUT2D eigenvalue weighted by Gasteiger charge is -2.30. The Bertz CT molecular complexity index is 894. The first-order valence-corrected chi connectivity index (χ1v) is 11.6. The summed E-state index contributed by atoms with van der Waals surface area (Å²) >= 11 is 0. The molecule has 2 aromatic rings. The molecule has 6 nitrogen and oxygen atoms in total. The van der Waals surface area contributed by atoms with Crippen LogP contribution in [0.15, 0.2) is 54.6 Å². The van der Waals surface area contributed by atoms with Gasteiger partial charge >= 0.3 is 0 Å². The number of hydrogen-bond acceptors (Lipinski definition) is 4. The van der Waals surface area contributed by atoms with Gasteiger partial charge in [-0.2, -0.15) is 0 Å². The lowest BCUT2D eigenvalue weighted by Crippen LogP contribution is -2.48. The van der Waals surface area contributed by atoms with Gasteiger partial charge in [-0.1, -0.05) is 42.5 Å². The molecule has 2 fully saturated rings. The number of likely N-dealkylation sites (tertiary alicyclic amines) is 2. The number of benzene rings is 2. The van der Waals surface area contributed by atoms with Gasteiger partial charge in [-0.3, -0.25) is 14.5 Å². The van der Waals surface area contributed by atoms with Gasteiger partial charge in [0.2, 0.25) is 11.8 Å². The van der Waals surface area contributed by atoms with E-state index in [1.54, 1.807) is 12.0 Å². The SMILES string of the molecule is COc1ccc(C(CNC(=O)C2CCCN2C(=O)Cc2ccccc2)N2CCCC2)cc1. The molecule has 2 aliphatic heterocycles. The number of nitrogens with zero attached hydrogens (tertiary/aromatic N) is 2. The van der Waals surface area contributed by atoms with Crippen molar-refractivity contribution in [2.45, 2.75) is 44.2 Å². The summed E-state index contributed by atoms with van der Waals surface area (Å²) in [7, 11) is 1.67. The monoisotopic (exact) mass is 435 g/mol. The number of carbonyl (C=O) groups excluding carboxylic acids is 2. The Morgan fingerprint density at radius 1 is 1.00 bits per heavy atom. The van der Waals surface area contributed by atoms with Crippen molar-refractivity contribution in [1.29, 1.82) is 0 Å². The van der Waals surface area contributed by atoms with Crippen molar-refractivity contribution in [1.82, 2.24) is 15.1 Å². The van der Waals surface area contributed by atoms with Crippen LogP contribution in [-0.2, 0) is 16.0 Å². The maximum absolute atomic E-state index is 13.1. The third-order valence-electron chi connectivity index (χ3n) is 6.63. The zero-order chi connectivity index (χ0) is 22.3. The van der Waals surface area contributed by atoms with Gasteiger partial charge in [0, 0.05) is 13.1 Å². The number of ether oxygens (including phenoxy) is 1.